The molecule has 5 rings (SSSR count). The first-order chi connectivity index (χ1) is 15.6. The molecule has 2 N–H and O–H groups in total. The van der Waals surface area contributed by atoms with Crippen LogP contribution in [0.2, 0.25) is 0 Å². The molecule has 3 amide bonds. The van der Waals surface area contributed by atoms with Crippen LogP contribution in [0.1, 0.15) is 39.3 Å². The highest BCUT2D eigenvalue weighted by Crippen LogP contribution is 2.36. The number of urea groups is 1. The Morgan fingerprint density at radius 3 is 2.78 bits per heavy atom. The van der Waals surface area contributed by atoms with Gasteiger partial charge >= 0.3 is 6.03 Å². The first-order valence-corrected chi connectivity index (χ1v) is 11.1. The van der Waals surface area contributed by atoms with E-state index < -0.39 is 0 Å². The lowest BCUT2D eigenvalue weighted by atomic mass is 10.2. The van der Waals surface area contributed by atoms with Crippen LogP contribution in [0.15, 0.2) is 42.5 Å². The number of benzene rings is 2. The van der Waals surface area contributed by atoms with Gasteiger partial charge in [0, 0.05) is 24.0 Å². The van der Waals surface area contributed by atoms with E-state index in [1.54, 1.807) is 23.1 Å². The number of amides is 3. The van der Waals surface area contributed by atoms with Crippen molar-refractivity contribution in [3.8, 4) is 11.5 Å². The zero-order valence-corrected chi connectivity index (χ0v) is 18.1. The van der Waals surface area contributed by atoms with E-state index in [2.05, 4.69) is 20.8 Å². The maximum Gasteiger partial charge on any atom is 0.322 e. The smallest absolute Gasteiger partial charge is 0.322 e. The highest BCUT2D eigenvalue weighted by atomic mass is 32.1. The second kappa shape index (κ2) is 8.46. The number of nitrogens with zero attached hydrogens (tertiary/aromatic N) is 3. The summed E-state index contributed by atoms with van der Waals surface area (Å²) in [5.74, 6) is 0.870. The molecule has 0 spiro atoms. The Morgan fingerprint density at radius 2 is 1.91 bits per heavy atom. The van der Waals surface area contributed by atoms with E-state index in [1.165, 1.54) is 11.3 Å². The number of likely N-dealkylation sites (tertiary alicyclic amines) is 1. The van der Waals surface area contributed by atoms with Crippen molar-refractivity contribution in [1.29, 1.82) is 0 Å². The van der Waals surface area contributed by atoms with Gasteiger partial charge in [-0.3, -0.25) is 4.79 Å². The van der Waals surface area contributed by atoms with Crippen molar-refractivity contribution in [1.82, 2.24) is 15.1 Å². The molecule has 0 saturated carbocycles. The molecule has 32 heavy (non-hydrogen) atoms. The predicted molar refractivity (Wildman–Crippen MR) is 119 cm³/mol. The lowest BCUT2D eigenvalue weighted by Gasteiger charge is -2.23. The van der Waals surface area contributed by atoms with Crippen LogP contribution < -0.4 is 20.1 Å². The van der Waals surface area contributed by atoms with Gasteiger partial charge in [-0.25, -0.2) is 4.79 Å². The van der Waals surface area contributed by atoms with Crippen molar-refractivity contribution in [3.63, 3.8) is 0 Å². The molecule has 2 aromatic carbocycles. The fraction of sp³-hybridized carbons (Fsp3) is 0.273. The van der Waals surface area contributed by atoms with Crippen molar-refractivity contribution in [2.24, 2.45) is 0 Å². The maximum absolute atomic E-state index is 12.9. The lowest BCUT2D eigenvalue weighted by Crippen LogP contribution is -2.34. The van der Waals surface area contributed by atoms with Gasteiger partial charge in [-0.15, -0.1) is 10.2 Å². The van der Waals surface area contributed by atoms with Gasteiger partial charge in [-0.05, 0) is 49.6 Å². The average Bonchev–Trinajstić information content (AvgIpc) is 3.52. The fourth-order valence-corrected chi connectivity index (χ4v) is 4.69. The number of hydrogen-bond donors (Lipinski definition) is 2. The van der Waals surface area contributed by atoms with Crippen LogP contribution in [-0.2, 0) is 0 Å². The minimum Gasteiger partial charge on any atom is -0.454 e. The van der Waals surface area contributed by atoms with Gasteiger partial charge in [-0.1, -0.05) is 23.5 Å². The van der Waals surface area contributed by atoms with Crippen molar-refractivity contribution < 1.29 is 19.1 Å². The summed E-state index contributed by atoms with van der Waals surface area (Å²) in [5.41, 5.74) is 2.40. The third-order valence-corrected chi connectivity index (χ3v) is 6.36. The Morgan fingerprint density at radius 1 is 1.06 bits per heavy atom. The van der Waals surface area contributed by atoms with E-state index in [0.717, 1.165) is 24.1 Å². The molecule has 164 valence electrons. The topological polar surface area (TPSA) is 106 Å². The molecule has 9 nitrogen and oxygen atoms in total. The first-order valence-electron chi connectivity index (χ1n) is 10.3. The fourth-order valence-electron chi connectivity index (χ4n) is 3.80. The summed E-state index contributed by atoms with van der Waals surface area (Å²) in [6.07, 6.45) is 1.64. The normalized spacial score (nSPS) is 16.8. The third kappa shape index (κ3) is 4.09. The summed E-state index contributed by atoms with van der Waals surface area (Å²) in [7, 11) is 0. The summed E-state index contributed by atoms with van der Waals surface area (Å²) in [4.78, 5) is 27.3. The quantitative estimate of drug-likeness (QED) is 0.616. The molecule has 3 aromatic rings. The molecule has 1 atom stereocenters. The van der Waals surface area contributed by atoms with Crippen LogP contribution in [0.5, 0.6) is 11.5 Å². The number of aromatic nitrogens is 2. The summed E-state index contributed by atoms with van der Waals surface area (Å²) in [5, 5.41) is 14.9. The van der Waals surface area contributed by atoms with Crippen molar-refractivity contribution in [2.75, 3.05) is 24.0 Å². The number of hydrogen-bond acceptors (Lipinski definition) is 7. The molecule has 10 heteroatoms. The zero-order valence-electron chi connectivity index (χ0n) is 17.3. The number of carbonyl (C=O) groups excluding carboxylic acids is 2. The Hall–Kier alpha value is -3.66. The van der Waals surface area contributed by atoms with Gasteiger partial charge in [-0.2, -0.15) is 0 Å². The van der Waals surface area contributed by atoms with Crippen LogP contribution in [0, 0.1) is 6.92 Å². The molecular weight excluding hydrogens is 430 g/mol. The number of rotatable bonds is 4. The summed E-state index contributed by atoms with van der Waals surface area (Å²) in [6.45, 7) is 2.77. The van der Waals surface area contributed by atoms with E-state index in [1.807, 2.05) is 31.2 Å². The van der Waals surface area contributed by atoms with E-state index in [-0.39, 0.29) is 29.8 Å². The molecule has 0 unspecified atom stereocenters. The average molecular weight is 452 g/mol. The van der Waals surface area contributed by atoms with Crippen molar-refractivity contribution in [2.45, 2.75) is 25.8 Å². The first kappa shape index (κ1) is 20.3. The van der Waals surface area contributed by atoms with Crippen LogP contribution >= 0.6 is 11.3 Å². The largest absolute Gasteiger partial charge is 0.454 e. The molecule has 0 aliphatic carbocycles. The molecule has 0 bridgehead atoms. The molecule has 0 radical (unpaired) electrons. The highest BCUT2D eigenvalue weighted by Gasteiger charge is 2.33. The van der Waals surface area contributed by atoms with Gasteiger partial charge in [0.25, 0.3) is 5.91 Å². The van der Waals surface area contributed by atoms with Gasteiger partial charge < -0.3 is 25.0 Å². The molecule has 3 heterocycles. The minimum atomic E-state index is -0.360. The van der Waals surface area contributed by atoms with Crippen LogP contribution in [-0.4, -0.2) is 40.4 Å². The number of carbonyl (C=O) groups is 2. The molecular formula is C22H21N5O4S. The van der Waals surface area contributed by atoms with Crippen molar-refractivity contribution in [3.05, 3.63) is 58.0 Å². The van der Waals surface area contributed by atoms with Gasteiger partial charge in [0.05, 0.1) is 6.04 Å². The molecule has 2 aliphatic heterocycles. The second-order valence-corrected chi connectivity index (χ2v) is 8.63. The van der Waals surface area contributed by atoms with Crippen LogP contribution in [0.25, 0.3) is 0 Å². The van der Waals surface area contributed by atoms with E-state index >= 15 is 0 Å². The Labute approximate surface area is 188 Å². The maximum atomic E-state index is 12.9. The number of nitrogens with one attached hydrogen (secondary N) is 2. The summed E-state index contributed by atoms with van der Waals surface area (Å²) < 4.78 is 10.6. The second-order valence-electron chi connectivity index (χ2n) is 7.62. The van der Waals surface area contributed by atoms with Crippen LogP contribution in [0.4, 0.5) is 16.2 Å². The Bertz CT molecular complexity index is 1180. The standard InChI is InChI=1S/C22H21N5O4S/c1-13-4-2-5-14(10-13)24-22(29)27-9-3-6-16(27)20-25-26-21(32-20)19(28)23-15-7-8-17-18(11-15)31-12-30-17/h2,4-5,7-8,10-11,16H,3,6,9,12H2,1H3,(H,23,28)(H,24,29)/t16-/m0/s1. The Balaban J connectivity index is 1.26. The van der Waals surface area contributed by atoms with Gasteiger partial charge in [0.2, 0.25) is 11.8 Å². The number of ether oxygens (including phenoxy) is 2. The molecule has 1 fully saturated rings. The summed E-state index contributed by atoms with van der Waals surface area (Å²) >= 11 is 1.20. The molecule has 2 aliphatic rings. The van der Waals surface area contributed by atoms with E-state index in [9.17, 15) is 9.59 Å². The number of anilines is 2. The van der Waals surface area contributed by atoms with E-state index in [0.29, 0.717) is 28.7 Å². The zero-order chi connectivity index (χ0) is 22.1. The van der Waals surface area contributed by atoms with Gasteiger partial charge in [0.15, 0.2) is 11.5 Å². The highest BCUT2D eigenvalue weighted by molar-refractivity contribution is 7.13. The molecule has 1 aromatic heterocycles. The monoisotopic (exact) mass is 451 g/mol. The van der Waals surface area contributed by atoms with Crippen LogP contribution in [0.3, 0.4) is 0 Å². The SMILES string of the molecule is Cc1cccc(NC(=O)N2CCC[C@H]2c2nnc(C(=O)Nc3ccc4c(c3)OCO4)s2)c1. The Kier molecular flexibility index (Phi) is 5.36. The number of aryl methyl sites for hydroxylation is 1. The summed E-state index contributed by atoms with van der Waals surface area (Å²) in [6, 6.07) is 12.5. The molecule has 1 saturated heterocycles. The third-order valence-electron chi connectivity index (χ3n) is 5.33. The van der Waals surface area contributed by atoms with E-state index in [4.69, 9.17) is 9.47 Å². The van der Waals surface area contributed by atoms with Crippen molar-refractivity contribution >= 4 is 34.6 Å². The minimum absolute atomic E-state index is 0.168. The predicted octanol–water partition coefficient (Wildman–Crippen LogP) is 4.20. The lowest BCUT2D eigenvalue weighted by molar-refractivity contribution is 0.102. The number of fused-ring (bicyclic) bond motifs is 1. The van der Waals surface area contributed by atoms with Gasteiger partial charge in [0.1, 0.15) is 5.01 Å².